The molecular weight excluding hydrogens is 246 g/mol. The van der Waals surface area contributed by atoms with E-state index in [1.54, 1.807) is 12.1 Å². The van der Waals surface area contributed by atoms with Crippen molar-refractivity contribution in [3.8, 4) is 0 Å². The maximum Gasteiger partial charge on any atom is 0.182 e. The van der Waals surface area contributed by atoms with E-state index in [9.17, 15) is 8.78 Å². The fourth-order valence-corrected chi connectivity index (χ4v) is 2.80. The van der Waals surface area contributed by atoms with Gasteiger partial charge in [-0.15, -0.1) is 0 Å². The average molecular weight is 268 g/mol. The molecule has 106 valence electrons. The first-order valence-electron chi connectivity index (χ1n) is 7.09. The van der Waals surface area contributed by atoms with Crippen LogP contribution >= 0.6 is 0 Å². The minimum Gasteiger partial charge on any atom is -0.369 e. The van der Waals surface area contributed by atoms with Gasteiger partial charge in [0, 0.05) is 25.2 Å². The standard InChI is InChI=1S/C15H22F2N2/c1-2-11-4-3-8-19(9-7-11)13-6-5-12(10-18)14(16)15(13)17/h5-6,11H,2-4,7-10,18H2,1H3. The van der Waals surface area contributed by atoms with Crippen molar-refractivity contribution in [1.29, 1.82) is 0 Å². The van der Waals surface area contributed by atoms with Crippen LogP contribution in [0.3, 0.4) is 0 Å². The zero-order valence-electron chi connectivity index (χ0n) is 11.5. The SMILES string of the molecule is CCC1CCCN(c2ccc(CN)c(F)c2F)CC1. The molecular formula is C15H22F2N2. The van der Waals surface area contributed by atoms with Crippen molar-refractivity contribution in [3.63, 3.8) is 0 Å². The van der Waals surface area contributed by atoms with Crippen LogP contribution in [0.4, 0.5) is 14.5 Å². The fourth-order valence-electron chi connectivity index (χ4n) is 2.80. The summed E-state index contributed by atoms with van der Waals surface area (Å²) in [5.74, 6) is -0.838. The summed E-state index contributed by atoms with van der Waals surface area (Å²) in [4.78, 5) is 1.97. The Morgan fingerprint density at radius 1 is 1.21 bits per heavy atom. The molecule has 1 unspecified atom stereocenters. The maximum absolute atomic E-state index is 14.1. The second kappa shape index (κ2) is 6.33. The third-order valence-corrected chi connectivity index (χ3v) is 4.13. The smallest absolute Gasteiger partial charge is 0.182 e. The lowest BCUT2D eigenvalue weighted by Crippen LogP contribution is -2.25. The predicted octanol–water partition coefficient (Wildman–Crippen LogP) is 3.44. The summed E-state index contributed by atoms with van der Waals surface area (Å²) in [6, 6.07) is 3.25. The van der Waals surface area contributed by atoms with E-state index in [4.69, 9.17) is 5.73 Å². The van der Waals surface area contributed by atoms with Crippen molar-refractivity contribution in [3.05, 3.63) is 29.3 Å². The highest BCUT2D eigenvalue weighted by Crippen LogP contribution is 2.28. The second-order valence-corrected chi connectivity index (χ2v) is 5.27. The lowest BCUT2D eigenvalue weighted by atomic mass is 9.98. The Hall–Kier alpha value is -1.16. The molecule has 1 aromatic carbocycles. The Morgan fingerprint density at radius 3 is 2.68 bits per heavy atom. The van der Waals surface area contributed by atoms with Gasteiger partial charge in [-0.3, -0.25) is 0 Å². The van der Waals surface area contributed by atoms with E-state index in [1.807, 2.05) is 4.90 Å². The molecule has 19 heavy (non-hydrogen) atoms. The van der Waals surface area contributed by atoms with Gasteiger partial charge in [-0.25, -0.2) is 8.78 Å². The normalized spacial score (nSPS) is 20.4. The van der Waals surface area contributed by atoms with E-state index < -0.39 is 11.6 Å². The summed E-state index contributed by atoms with van der Waals surface area (Å²) in [6.07, 6.45) is 4.43. The minimum absolute atomic E-state index is 0.0287. The van der Waals surface area contributed by atoms with Gasteiger partial charge in [0.05, 0.1) is 5.69 Å². The summed E-state index contributed by atoms with van der Waals surface area (Å²) in [7, 11) is 0. The number of benzene rings is 1. The molecule has 0 radical (unpaired) electrons. The lowest BCUT2D eigenvalue weighted by molar-refractivity contribution is 0.459. The monoisotopic (exact) mass is 268 g/mol. The highest BCUT2D eigenvalue weighted by molar-refractivity contribution is 5.50. The Labute approximate surface area is 113 Å². The van der Waals surface area contributed by atoms with Crippen LogP contribution in [0.1, 0.15) is 38.2 Å². The lowest BCUT2D eigenvalue weighted by Gasteiger charge is -2.24. The van der Waals surface area contributed by atoms with E-state index in [1.165, 1.54) is 6.42 Å². The Balaban J connectivity index is 2.20. The van der Waals surface area contributed by atoms with Crippen molar-refractivity contribution in [1.82, 2.24) is 0 Å². The molecule has 2 rings (SSSR count). The molecule has 1 heterocycles. The summed E-state index contributed by atoms with van der Waals surface area (Å²) >= 11 is 0. The first-order valence-corrected chi connectivity index (χ1v) is 7.09. The van der Waals surface area contributed by atoms with Crippen LogP contribution in [0.2, 0.25) is 0 Å². The minimum atomic E-state index is -0.795. The van der Waals surface area contributed by atoms with E-state index in [0.29, 0.717) is 11.6 Å². The number of hydrogen-bond acceptors (Lipinski definition) is 2. The van der Waals surface area contributed by atoms with Gasteiger partial charge in [0.1, 0.15) is 0 Å². The molecule has 4 heteroatoms. The Kier molecular flexibility index (Phi) is 4.75. The molecule has 2 N–H and O–H groups in total. The van der Waals surface area contributed by atoms with Gasteiger partial charge in [-0.1, -0.05) is 19.4 Å². The van der Waals surface area contributed by atoms with Gasteiger partial charge in [0.25, 0.3) is 0 Å². The molecule has 0 saturated carbocycles. The molecule has 1 aliphatic heterocycles. The Morgan fingerprint density at radius 2 is 2.00 bits per heavy atom. The van der Waals surface area contributed by atoms with Crippen LogP contribution in [0, 0.1) is 17.6 Å². The predicted molar refractivity (Wildman–Crippen MR) is 74.1 cm³/mol. The fraction of sp³-hybridized carbons (Fsp3) is 0.600. The third kappa shape index (κ3) is 3.06. The summed E-state index contributed by atoms with van der Waals surface area (Å²) in [5.41, 5.74) is 6.01. The average Bonchev–Trinajstić information content (AvgIpc) is 2.67. The number of hydrogen-bond donors (Lipinski definition) is 1. The molecule has 1 saturated heterocycles. The van der Waals surface area contributed by atoms with Crippen molar-refractivity contribution < 1.29 is 8.78 Å². The number of nitrogens with two attached hydrogens (primary N) is 1. The van der Waals surface area contributed by atoms with Crippen LogP contribution in [-0.4, -0.2) is 13.1 Å². The number of nitrogens with zero attached hydrogens (tertiary/aromatic N) is 1. The Bertz CT molecular complexity index is 434. The third-order valence-electron chi connectivity index (χ3n) is 4.13. The highest BCUT2D eigenvalue weighted by atomic mass is 19.2. The van der Waals surface area contributed by atoms with Crippen LogP contribution in [0.15, 0.2) is 12.1 Å². The number of halogens is 2. The van der Waals surface area contributed by atoms with E-state index in [0.717, 1.165) is 32.4 Å². The van der Waals surface area contributed by atoms with E-state index in [2.05, 4.69) is 6.92 Å². The van der Waals surface area contributed by atoms with Crippen molar-refractivity contribution in [2.75, 3.05) is 18.0 Å². The van der Waals surface area contributed by atoms with Gasteiger partial charge in [-0.05, 0) is 31.2 Å². The molecule has 1 fully saturated rings. The highest BCUT2D eigenvalue weighted by Gasteiger charge is 2.21. The van der Waals surface area contributed by atoms with Crippen LogP contribution < -0.4 is 10.6 Å². The van der Waals surface area contributed by atoms with Crippen LogP contribution in [0.5, 0.6) is 0 Å². The molecule has 0 aliphatic carbocycles. The quantitative estimate of drug-likeness (QED) is 0.910. The van der Waals surface area contributed by atoms with Crippen molar-refractivity contribution in [2.45, 2.75) is 39.2 Å². The van der Waals surface area contributed by atoms with Gasteiger partial charge in [-0.2, -0.15) is 0 Å². The topological polar surface area (TPSA) is 29.3 Å². The van der Waals surface area contributed by atoms with Gasteiger partial charge in [0.2, 0.25) is 0 Å². The first kappa shape index (κ1) is 14.3. The van der Waals surface area contributed by atoms with E-state index in [-0.39, 0.29) is 12.1 Å². The molecule has 1 atom stereocenters. The van der Waals surface area contributed by atoms with Crippen LogP contribution in [0.25, 0.3) is 0 Å². The molecule has 2 nitrogen and oxygen atoms in total. The first-order chi connectivity index (χ1) is 9.17. The zero-order valence-corrected chi connectivity index (χ0v) is 11.5. The molecule has 1 aromatic rings. The van der Waals surface area contributed by atoms with Crippen LogP contribution in [-0.2, 0) is 6.54 Å². The van der Waals surface area contributed by atoms with E-state index >= 15 is 0 Å². The molecule has 1 aliphatic rings. The molecule has 0 bridgehead atoms. The van der Waals surface area contributed by atoms with Crippen molar-refractivity contribution in [2.24, 2.45) is 11.7 Å². The largest absolute Gasteiger partial charge is 0.369 e. The maximum atomic E-state index is 14.1. The second-order valence-electron chi connectivity index (χ2n) is 5.27. The molecule has 0 spiro atoms. The summed E-state index contributed by atoms with van der Waals surface area (Å²) in [6.45, 7) is 3.82. The molecule has 0 amide bonds. The summed E-state index contributed by atoms with van der Waals surface area (Å²) in [5, 5.41) is 0. The van der Waals surface area contributed by atoms with Gasteiger partial charge < -0.3 is 10.6 Å². The number of rotatable bonds is 3. The molecule has 0 aromatic heterocycles. The summed E-state index contributed by atoms with van der Waals surface area (Å²) < 4.78 is 27.9. The number of anilines is 1. The van der Waals surface area contributed by atoms with Gasteiger partial charge >= 0.3 is 0 Å². The van der Waals surface area contributed by atoms with Crippen molar-refractivity contribution >= 4 is 5.69 Å². The zero-order chi connectivity index (χ0) is 13.8. The van der Waals surface area contributed by atoms with Gasteiger partial charge in [0.15, 0.2) is 11.6 Å².